The molecule has 144 heavy (non-hydrogen) atoms. The zero-order valence-electron chi connectivity index (χ0n) is 78.3. The van der Waals surface area contributed by atoms with E-state index in [0.29, 0.717) is 40.5 Å². The number of benzene rings is 22. The molecular formula is C136H88N6O2. The van der Waals surface area contributed by atoms with E-state index in [1.54, 1.807) is 0 Å². The molecule has 4 aromatic heterocycles. The van der Waals surface area contributed by atoms with Crippen LogP contribution in [0.15, 0.2) is 543 Å². The summed E-state index contributed by atoms with van der Waals surface area (Å²) in [5, 5.41) is 8.22. The van der Waals surface area contributed by atoms with Gasteiger partial charge in [-0.05, 0) is 175 Å². The van der Waals surface area contributed by atoms with Crippen molar-refractivity contribution in [1.29, 1.82) is 0 Å². The van der Waals surface area contributed by atoms with Crippen LogP contribution in [0.2, 0.25) is 0 Å². The minimum absolute atomic E-state index is 0.540. The predicted molar refractivity (Wildman–Crippen MR) is 590 cm³/mol. The van der Waals surface area contributed by atoms with E-state index in [1.165, 1.54) is 27.6 Å². The molecule has 0 aliphatic rings. The molecule has 0 aliphatic carbocycles. The molecule has 0 bridgehead atoms. The van der Waals surface area contributed by atoms with Gasteiger partial charge in [0, 0.05) is 66.1 Å². The van der Waals surface area contributed by atoms with E-state index in [4.69, 9.17) is 38.7 Å². The number of aromatic nitrogens is 6. The van der Waals surface area contributed by atoms with Gasteiger partial charge in [0.2, 0.25) is 0 Å². The van der Waals surface area contributed by atoms with Crippen molar-refractivity contribution in [3.8, 4) is 146 Å². The van der Waals surface area contributed by atoms with Crippen LogP contribution < -0.4 is 0 Å². The monoisotopic (exact) mass is 1840 g/mol. The van der Waals surface area contributed by atoms with Gasteiger partial charge in [0.1, 0.15) is 22.3 Å². The molecule has 8 nitrogen and oxygen atoms in total. The molecule has 0 unspecified atom stereocenters. The van der Waals surface area contributed by atoms with E-state index in [1.807, 2.05) is 84.9 Å². The Morgan fingerprint density at radius 2 is 0.389 bits per heavy atom. The Bertz CT molecular complexity index is 9050. The number of fused-ring (bicyclic) bond motifs is 8. The highest BCUT2D eigenvalue weighted by molar-refractivity contribution is 6.20. The molecule has 674 valence electrons. The molecule has 0 N–H and O–H groups in total. The van der Waals surface area contributed by atoms with Gasteiger partial charge in [0.05, 0.1) is 10.8 Å². The lowest BCUT2D eigenvalue weighted by Crippen LogP contribution is -2.31. The SMILES string of the molecule is c1ccc(-c2nc(-c3ccccc3)nc(-c3cccc4oc5c(-c6ccc(C(c7ccccc7)(c7ccccc7)c7ccccc7)cc6)cc(-c6ccc(C(c7ccccc7)(c7ccccc7)c7cccc(-c8ccc(-c9ccc(-c%10cc(-c%11ccc(-c%12ccccc%12)c%12ccccc%11%12)cc%11c%10oc%10cccc(-c%12nc(-c%13ccccc%13)nc(-c%13ccccc%13)n%12)c%10%11)c%10ccccc9%10)cc8)c7)cc6)cc5c34)n2)cc1. The third kappa shape index (κ3) is 15.0. The van der Waals surface area contributed by atoms with E-state index in [0.717, 1.165) is 188 Å². The molecule has 0 aliphatic heterocycles. The Morgan fingerprint density at radius 1 is 0.132 bits per heavy atom. The zero-order valence-corrected chi connectivity index (χ0v) is 78.3. The van der Waals surface area contributed by atoms with E-state index < -0.39 is 10.8 Å². The van der Waals surface area contributed by atoms with Crippen LogP contribution in [0.1, 0.15) is 44.5 Å². The summed E-state index contributed by atoms with van der Waals surface area (Å²) in [6, 6.07) is 192. The van der Waals surface area contributed by atoms with Gasteiger partial charge in [0.15, 0.2) is 34.9 Å². The van der Waals surface area contributed by atoms with E-state index in [9.17, 15) is 0 Å². The number of rotatable bonds is 21. The molecule has 0 radical (unpaired) electrons. The van der Waals surface area contributed by atoms with E-state index in [-0.39, 0.29) is 0 Å². The Hall–Kier alpha value is -19.0. The number of hydrogen-bond acceptors (Lipinski definition) is 8. The topological polar surface area (TPSA) is 104 Å². The number of hydrogen-bond donors (Lipinski definition) is 0. The van der Waals surface area contributed by atoms with Crippen LogP contribution in [-0.2, 0) is 10.8 Å². The molecular weight excluding hydrogens is 1750 g/mol. The first-order valence-electron chi connectivity index (χ1n) is 48.9. The fourth-order valence-corrected chi connectivity index (χ4v) is 22.1. The molecule has 8 heteroatoms. The fourth-order valence-electron chi connectivity index (χ4n) is 22.1. The Kier molecular flexibility index (Phi) is 21.6. The first-order chi connectivity index (χ1) is 71.4. The van der Waals surface area contributed by atoms with Crippen LogP contribution in [0.25, 0.3) is 212 Å². The minimum atomic E-state index is -0.815. The molecule has 26 aromatic rings. The Balaban J connectivity index is 0.598. The van der Waals surface area contributed by atoms with Crippen LogP contribution in [0.4, 0.5) is 0 Å². The van der Waals surface area contributed by atoms with Gasteiger partial charge in [-0.15, -0.1) is 0 Å². The molecule has 0 amide bonds. The maximum absolute atomic E-state index is 7.36. The third-order valence-electron chi connectivity index (χ3n) is 28.7. The van der Waals surface area contributed by atoms with Crippen molar-refractivity contribution in [1.82, 2.24) is 29.9 Å². The van der Waals surface area contributed by atoms with Crippen LogP contribution in [0, 0.1) is 0 Å². The second-order valence-corrected chi connectivity index (χ2v) is 36.9. The average Bonchev–Trinajstić information content (AvgIpc) is 1.41. The van der Waals surface area contributed by atoms with Crippen molar-refractivity contribution in [2.24, 2.45) is 0 Å². The maximum Gasteiger partial charge on any atom is 0.164 e. The fraction of sp³-hybridized carbons (Fsp3) is 0.0147. The first kappa shape index (κ1) is 85.4. The second kappa shape index (κ2) is 36.4. The molecule has 26 rings (SSSR count). The summed E-state index contributed by atoms with van der Waals surface area (Å²) in [5.74, 6) is 3.41. The first-order valence-corrected chi connectivity index (χ1v) is 48.9. The highest BCUT2D eigenvalue weighted by Gasteiger charge is 2.41. The number of nitrogens with zero attached hydrogens (tertiary/aromatic N) is 6. The third-order valence-corrected chi connectivity index (χ3v) is 28.7. The van der Waals surface area contributed by atoms with Gasteiger partial charge in [-0.3, -0.25) is 0 Å². The van der Waals surface area contributed by atoms with Gasteiger partial charge in [-0.2, -0.15) is 0 Å². The molecule has 0 saturated heterocycles. The summed E-state index contributed by atoms with van der Waals surface area (Å²) in [6.07, 6.45) is 0. The summed E-state index contributed by atoms with van der Waals surface area (Å²) < 4.78 is 14.7. The van der Waals surface area contributed by atoms with Crippen LogP contribution in [0.3, 0.4) is 0 Å². The van der Waals surface area contributed by atoms with Crippen LogP contribution in [-0.4, -0.2) is 29.9 Å². The standard InChI is InChI=1S/C136H88N6O2/c1-11-38-91(39-12-1)109-80-81-111(114-62-32-31-60-112(109)114)100-87-120(128-122(88-100)126-118(65-37-67-124(126)144-128)134-141-131(96-44-17-4-18-45-96)138-132(142-134)97-46-19-5-20-47-97)116-83-82-110(113-61-33-34-63-115(113)116)92-70-68-89(69-71-92)98-48-35-59-108(84-98)136(104-55-27-9-28-56-104,105-57-29-10-30-58-105)107-76-72-90(73-77-107)99-85-119(93-74-78-106(79-75-93)135(101-49-21-6-22-50-101,102-51-23-7-24-52-102)103-53-25-8-26-54-103)127-121(86-99)125-117(64-36-66-123(125)143-127)133-139-129(94-40-13-2-14-41-94)137-130(140-133)95-42-15-3-16-43-95/h1-88H. The normalized spacial score (nSPS) is 11.8. The Labute approximate surface area is 833 Å². The highest BCUT2D eigenvalue weighted by Crippen LogP contribution is 2.53. The van der Waals surface area contributed by atoms with Gasteiger partial charge in [-0.25, -0.2) is 29.9 Å². The Morgan fingerprint density at radius 3 is 0.792 bits per heavy atom. The lowest BCUT2D eigenvalue weighted by Gasteiger charge is -2.37. The van der Waals surface area contributed by atoms with Gasteiger partial charge in [0.25, 0.3) is 0 Å². The van der Waals surface area contributed by atoms with Crippen LogP contribution in [0.5, 0.6) is 0 Å². The van der Waals surface area contributed by atoms with E-state index >= 15 is 0 Å². The van der Waals surface area contributed by atoms with Gasteiger partial charge < -0.3 is 8.83 Å². The van der Waals surface area contributed by atoms with Crippen molar-refractivity contribution >= 4 is 65.4 Å². The predicted octanol–water partition coefficient (Wildman–Crippen LogP) is 34.6. The lowest BCUT2D eigenvalue weighted by atomic mass is 9.64. The van der Waals surface area contributed by atoms with Crippen molar-refractivity contribution in [3.63, 3.8) is 0 Å². The molecule has 0 saturated carbocycles. The van der Waals surface area contributed by atoms with Crippen molar-refractivity contribution in [3.05, 3.63) is 578 Å². The van der Waals surface area contributed by atoms with Crippen molar-refractivity contribution < 1.29 is 8.83 Å². The quantitative estimate of drug-likeness (QED) is 0.0656. The lowest BCUT2D eigenvalue weighted by molar-refractivity contribution is 0.669. The molecule has 22 aromatic carbocycles. The van der Waals surface area contributed by atoms with Crippen molar-refractivity contribution in [2.75, 3.05) is 0 Å². The van der Waals surface area contributed by atoms with Gasteiger partial charge >= 0.3 is 0 Å². The maximum atomic E-state index is 7.36. The van der Waals surface area contributed by atoms with E-state index in [2.05, 4.69) is 449 Å². The van der Waals surface area contributed by atoms with Crippen molar-refractivity contribution in [2.45, 2.75) is 10.8 Å². The summed E-state index contributed by atoms with van der Waals surface area (Å²) >= 11 is 0. The molecule has 0 fully saturated rings. The molecule has 0 atom stereocenters. The highest BCUT2D eigenvalue weighted by atomic mass is 16.3. The minimum Gasteiger partial charge on any atom is -0.455 e. The second-order valence-electron chi connectivity index (χ2n) is 36.9. The summed E-state index contributed by atoms with van der Waals surface area (Å²) in [7, 11) is 0. The summed E-state index contributed by atoms with van der Waals surface area (Å²) in [6.45, 7) is 0. The number of furan rings is 2. The average molecular weight is 1840 g/mol. The molecule has 0 spiro atoms. The molecule has 4 heterocycles. The summed E-state index contributed by atoms with van der Waals surface area (Å²) in [4.78, 5) is 31.6. The zero-order chi connectivity index (χ0) is 95.4. The summed E-state index contributed by atoms with van der Waals surface area (Å²) in [5.41, 5.74) is 30.7. The van der Waals surface area contributed by atoms with Gasteiger partial charge in [-0.1, -0.05) is 491 Å². The largest absolute Gasteiger partial charge is 0.455 e. The van der Waals surface area contributed by atoms with Crippen LogP contribution >= 0.6 is 0 Å². The smallest absolute Gasteiger partial charge is 0.164 e.